The molecule has 0 aromatic rings. The van der Waals surface area contributed by atoms with E-state index in [1.807, 2.05) is 21.1 Å². The van der Waals surface area contributed by atoms with Gasteiger partial charge in [0.15, 0.2) is 0 Å². The van der Waals surface area contributed by atoms with Gasteiger partial charge in [-0.2, -0.15) is 0 Å². The first-order valence-electron chi connectivity index (χ1n) is 47.2. The minimum Gasteiger partial charge on any atom is -0.756 e. The summed E-state index contributed by atoms with van der Waals surface area (Å²) in [7, 11) is 2.34. The summed E-state index contributed by atoms with van der Waals surface area (Å²) in [6, 6.07) is 0. The molecule has 0 bridgehead atoms. The fourth-order valence-electron chi connectivity index (χ4n) is 14.0. The number of hydrogen-bond donors (Lipinski definition) is 0. The fourth-order valence-corrected chi connectivity index (χ4v) is 16.3. The van der Waals surface area contributed by atoms with Gasteiger partial charge < -0.3 is 55.3 Å². The zero-order chi connectivity index (χ0) is 81.2. The Balaban J connectivity index is 0. The SMILES string of the molecule is CCCCCCCC/C=C\CCCCCCCCCCCCCCOP(=O)([O-])OCC[N+](C)(C)C.CCCCCCCC/C=C\CCCCCCCCCCCCCCOP(=O)([O-])OCC[N+]1(C)CCCCC1.CCCCCCCC/C=C\CCCCCCCCCCCCOP(=O)([O-])OCCCCCC[N+](C)(C)C. The van der Waals surface area contributed by atoms with Crippen LogP contribution in [-0.2, 0) is 40.8 Å². The number of hydrogen-bond acceptors (Lipinski definition) is 12. The number of nitrogens with zero attached hydrogens (tertiary/aromatic N) is 3. The van der Waals surface area contributed by atoms with Gasteiger partial charge in [0.1, 0.15) is 26.3 Å². The van der Waals surface area contributed by atoms with E-state index in [4.69, 9.17) is 27.1 Å². The third kappa shape index (κ3) is 94.6. The highest BCUT2D eigenvalue weighted by atomic mass is 31.2. The van der Waals surface area contributed by atoms with Crippen LogP contribution in [-0.4, -0.2) is 135 Å². The highest BCUT2D eigenvalue weighted by molar-refractivity contribution is 7.46. The lowest BCUT2D eigenvalue weighted by Crippen LogP contribution is -2.49. The number of allylic oxidation sites excluding steroid dienone is 6. The molecule has 3 unspecified atom stereocenters. The molecule has 0 saturated carbocycles. The van der Waals surface area contributed by atoms with Crippen LogP contribution in [0.25, 0.3) is 0 Å². The van der Waals surface area contributed by atoms with Crippen LogP contribution in [0.2, 0.25) is 0 Å². The van der Waals surface area contributed by atoms with E-state index in [0.29, 0.717) is 11.0 Å². The van der Waals surface area contributed by atoms with Crippen molar-refractivity contribution < 1.29 is 69.0 Å². The first-order chi connectivity index (χ1) is 53.0. The number of quaternary nitrogens is 3. The maximum atomic E-state index is 12.0. The van der Waals surface area contributed by atoms with Crippen molar-refractivity contribution in [1.29, 1.82) is 0 Å². The fraction of sp³-hybridized carbons (Fsp3) is 0.935. The molecular formula is C92H188N3O12P3. The molecule has 0 aliphatic carbocycles. The van der Waals surface area contributed by atoms with Crippen molar-refractivity contribution >= 4 is 23.5 Å². The Hall–Kier alpha value is -0.570. The minimum atomic E-state index is -4.15. The van der Waals surface area contributed by atoms with E-state index in [1.54, 1.807) is 0 Å². The quantitative estimate of drug-likeness (QED) is 0.0244. The molecule has 1 rings (SSSR count). The molecule has 1 fully saturated rings. The van der Waals surface area contributed by atoms with Gasteiger partial charge in [-0.3, -0.25) is 13.7 Å². The second-order valence-corrected chi connectivity index (χ2v) is 39.3. The molecule has 0 radical (unpaired) electrons. The largest absolute Gasteiger partial charge is 0.756 e. The van der Waals surface area contributed by atoms with Crippen molar-refractivity contribution in [3.63, 3.8) is 0 Å². The second kappa shape index (κ2) is 82.1. The molecule has 3 atom stereocenters. The van der Waals surface area contributed by atoms with E-state index in [9.17, 15) is 28.4 Å². The normalized spacial score (nSPS) is 15.1. The summed E-state index contributed by atoms with van der Waals surface area (Å²) in [4.78, 5) is 35.5. The third-order valence-electron chi connectivity index (χ3n) is 21.5. The van der Waals surface area contributed by atoms with Crippen LogP contribution in [0.4, 0.5) is 0 Å². The number of phosphoric ester groups is 3. The van der Waals surface area contributed by atoms with Gasteiger partial charge in [0, 0.05) is 0 Å². The van der Waals surface area contributed by atoms with E-state index in [0.717, 1.165) is 119 Å². The van der Waals surface area contributed by atoms with Crippen LogP contribution in [0.5, 0.6) is 0 Å². The van der Waals surface area contributed by atoms with Gasteiger partial charge in [-0.1, -0.05) is 340 Å². The van der Waals surface area contributed by atoms with Crippen LogP contribution in [0.3, 0.4) is 0 Å². The van der Waals surface area contributed by atoms with Crippen LogP contribution < -0.4 is 14.7 Å². The maximum absolute atomic E-state index is 12.0. The molecule has 0 amide bonds. The Labute approximate surface area is 685 Å². The Bertz CT molecular complexity index is 2120. The predicted molar refractivity (Wildman–Crippen MR) is 470 cm³/mol. The lowest BCUT2D eigenvalue weighted by Gasteiger charge is -2.38. The van der Waals surface area contributed by atoms with E-state index in [1.165, 1.54) is 334 Å². The Morgan fingerprint density at radius 2 is 0.445 bits per heavy atom. The molecule has 15 nitrogen and oxygen atoms in total. The van der Waals surface area contributed by atoms with Crippen molar-refractivity contribution in [3.8, 4) is 0 Å². The third-order valence-corrected chi connectivity index (χ3v) is 24.5. The second-order valence-electron chi connectivity index (χ2n) is 35.1. The topological polar surface area (TPSA) is 176 Å². The van der Waals surface area contributed by atoms with Gasteiger partial charge in [-0.25, -0.2) is 0 Å². The van der Waals surface area contributed by atoms with Crippen molar-refractivity contribution in [1.82, 2.24) is 0 Å². The van der Waals surface area contributed by atoms with Crippen LogP contribution in [0.15, 0.2) is 36.5 Å². The van der Waals surface area contributed by atoms with Gasteiger partial charge >= 0.3 is 0 Å². The molecule has 0 aromatic heterocycles. The van der Waals surface area contributed by atoms with E-state index >= 15 is 0 Å². The number of likely N-dealkylation sites (tertiary alicyclic amines) is 1. The molecule has 1 aliphatic rings. The average Bonchev–Trinajstić information content (AvgIpc) is 0.872. The summed E-state index contributed by atoms with van der Waals surface area (Å²) in [6.07, 6.45) is 97.0. The van der Waals surface area contributed by atoms with Crippen LogP contribution in [0.1, 0.15) is 438 Å². The molecule has 0 N–H and O–H groups in total. The number of rotatable bonds is 83. The first-order valence-corrected chi connectivity index (χ1v) is 51.6. The van der Waals surface area contributed by atoms with E-state index < -0.39 is 23.5 Å². The first kappa shape index (κ1) is 111. The molecule has 0 spiro atoms. The summed E-state index contributed by atoms with van der Waals surface area (Å²) in [5, 5.41) is 0. The lowest BCUT2D eigenvalue weighted by molar-refractivity contribution is -0.914. The smallest absolute Gasteiger partial charge is 0.268 e. The summed E-state index contributed by atoms with van der Waals surface area (Å²) in [6.45, 7) is 12.9. The summed E-state index contributed by atoms with van der Waals surface area (Å²) >= 11 is 0. The Morgan fingerprint density at radius 1 is 0.255 bits per heavy atom. The lowest BCUT2D eigenvalue weighted by atomic mass is 10.0. The summed E-state index contributed by atoms with van der Waals surface area (Å²) in [5.41, 5.74) is 0. The number of piperidine rings is 1. The zero-order valence-corrected chi connectivity index (χ0v) is 77.5. The molecule has 1 aliphatic heterocycles. The van der Waals surface area contributed by atoms with Crippen molar-refractivity contribution in [2.45, 2.75) is 438 Å². The van der Waals surface area contributed by atoms with Crippen molar-refractivity contribution in [2.24, 2.45) is 0 Å². The number of phosphoric acid groups is 3. The van der Waals surface area contributed by atoms with Gasteiger partial charge in [0.05, 0.1) is 95.4 Å². The number of unbranched alkanes of at least 4 members (excludes halogenated alkanes) is 55. The van der Waals surface area contributed by atoms with Crippen molar-refractivity contribution in [3.05, 3.63) is 36.5 Å². The molecular weight excluding hydrogens is 1430 g/mol. The molecule has 658 valence electrons. The Morgan fingerprint density at radius 3 is 0.673 bits per heavy atom. The summed E-state index contributed by atoms with van der Waals surface area (Å²) < 4.78 is 68.1. The number of likely N-dealkylation sites (N-methyl/N-ethyl adjacent to an activating group) is 2. The van der Waals surface area contributed by atoms with Gasteiger partial charge in [0.2, 0.25) is 0 Å². The standard InChI is InChI=1S/C32H64NO4P.C31H64NO4P.C29H60NO4P/c1-3-4-5-6-7-8-9-10-11-12-13-14-15-16-17-18-19-20-21-22-23-27-31-36-38(34,35)37-32-30-33(2)28-25-24-26-29-33;1-5-6-7-8-9-10-11-12-13-14-15-16-17-18-19-20-21-22-24-27-30-35-37(33,34)36-31-28-25-23-26-29-32(2,3)4;1-5-6-7-8-9-10-11-12-13-14-15-16-17-18-19-20-21-22-23-24-25-26-28-33-35(31,32)34-29-27-30(2,3)4/h10-11H,3-9,12-32H2,1-2H3;12-13H,5-11,14-31H2,1-4H3;12-13H,5-11,14-29H2,1-4H3/b11-10-;2*13-12-. The van der Waals surface area contributed by atoms with Gasteiger partial charge in [-0.15, -0.1) is 0 Å². The molecule has 110 heavy (non-hydrogen) atoms. The van der Waals surface area contributed by atoms with Crippen LogP contribution in [0, 0.1) is 0 Å². The Kier molecular flexibility index (Phi) is 83.2. The van der Waals surface area contributed by atoms with Crippen LogP contribution >= 0.6 is 23.5 Å². The predicted octanol–water partition coefficient (Wildman–Crippen LogP) is 27.4. The molecule has 1 saturated heterocycles. The minimum absolute atomic E-state index is 0.168. The highest BCUT2D eigenvalue weighted by Crippen LogP contribution is 2.40. The maximum Gasteiger partial charge on any atom is 0.268 e. The monoisotopic (exact) mass is 1620 g/mol. The average molecular weight is 1620 g/mol. The molecule has 0 aromatic carbocycles. The van der Waals surface area contributed by atoms with E-state index in [2.05, 4.69) is 85.4 Å². The molecule has 1 heterocycles. The van der Waals surface area contributed by atoms with E-state index in [-0.39, 0.29) is 39.6 Å². The highest BCUT2D eigenvalue weighted by Gasteiger charge is 2.25. The van der Waals surface area contributed by atoms with Crippen molar-refractivity contribution in [2.75, 3.05) is 122 Å². The summed E-state index contributed by atoms with van der Waals surface area (Å²) in [5.74, 6) is 0. The zero-order valence-electron chi connectivity index (χ0n) is 74.8. The van der Waals surface area contributed by atoms with Gasteiger partial charge in [0.25, 0.3) is 23.5 Å². The van der Waals surface area contributed by atoms with Gasteiger partial charge in [-0.05, 0) is 135 Å². The molecule has 18 heteroatoms.